The molecule has 1 aliphatic heterocycles. The molecule has 0 radical (unpaired) electrons. The normalized spacial score (nSPS) is 26.9. The maximum atomic E-state index is 4.19. The molecule has 3 nitrogen and oxygen atoms in total. The van der Waals surface area contributed by atoms with Gasteiger partial charge in [0.05, 0.1) is 0 Å². The van der Waals surface area contributed by atoms with E-state index in [-0.39, 0.29) is 0 Å². The average Bonchev–Trinajstić information content (AvgIpc) is 3.15. The maximum absolute atomic E-state index is 4.19. The lowest BCUT2D eigenvalue weighted by Crippen LogP contribution is -2.51. The second-order valence-corrected chi connectivity index (χ2v) is 4.94. The highest BCUT2D eigenvalue weighted by molar-refractivity contribution is 5.09. The second-order valence-electron chi connectivity index (χ2n) is 4.94. The molecule has 0 amide bonds. The van der Waals surface area contributed by atoms with E-state index in [4.69, 9.17) is 0 Å². The SMILES string of the molecule is c1cncc(CN2CCNCC2C2CC2)c1. The molecule has 86 valence electrons. The Labute approximate surface area is 96.9 Å². The summed E-state index contributed by atoms with van der Waals surface area (Å²) in [4.78, 5) is 6.82. The average molecular weight is 217 g/mol. The molecule has 1 unspecified atom stereocenters. The van der Waals surface area contributed by atoms with Gasteiger partial charge in [0.25, 0.3) is 0 Å². The monoisotopic (exact) mass is 217 g/mol. The summed E-state index contributed by atoms with van der Waals surface area (Å²) in [6, 6.07) is 4.97. The molecular formula is C13H19N3. The minimum absolute atomic E-state index is 0.758. The zero-order chi connectivity index (χ0) is 10.8. The predicted octanol–water partition coefficient (Wildman–Crippen LogP) is 1.27. The van der Waals surface area contributed by atoms with Crippen molar-refractivity contribution in [3.05, 3.63) is 30.1 Å². The van der Waals surface area contributed by atoms with Crippen molar-refractivity contribution in [1.29, 1.82) is 0 Å². The van der Waals surface area contributed by atoms with Gasteiger partial charge in [-0.2, -0.15) is 0 Å². The Morgan fingerprint density at radius 1 is 1.44 bits per heavy atom. The van der Waals surface area contributed by atoms with Gasteiger partial charge >= 0.3 is 0 Å². The van der Waals surface area contributed by atoms with Crippen molar-refractivity contribution in [3.63, 3.8) is 0 Å². The van der Waals surface area contributed by atoms with Gasteiger partial charge in [-0.25, -0.2) is 0 Å². The summed E-state index contributed by atoms with van der Waals surface area (Å²) >= 11 is 0. The van der Waals surface area contributed by atoms with Crippen LogP contribution in [0.4, 0.5) is 0 Å². The van der Waals surface area contributed by atoms with Gasteiger partial charge in [0.1, 0.15) is 0 Å². The molecule has 1 N–H and O–H groups in total. The van der Waals surface area contributed by atoms with Crippen LogP contribution in [0.3, 0.4) is 0 Å². The summed E-state index contributed by atoms with van der Waals surface area (Å²) in [5.74, 6) is 0.949. The van der Waals surface area contributed by atoms with Crippen LogP contribution in [0.25, 0.3) is 0 Å². The molecule has 1 aromatic rings. The van der Waals surface area contributed by atoms with Gasteiger partial charge in [0.2, 0.25) is 0 Å². The van der Waals surface area contributed by atoms with Gasteiger partial charge in [-0.15, -0.1) is 0 Å². The third-order valence-corrected chi connectivity index (χ3v) is 3.67. The number of nitrogens with one attached hydrogen (secondary N) is 1. The van der Waals surface area contributed by atoms with Gasteiger partial charge in [-0.3, -0.25) is 9.88 Å². The fourth-order valence-electron chi connectivity index (χ4n) is 2.64. The molecule has 1 aliphatic carbocycles. The van der Waals surface area contributed by atoms with Gasteiger partial charge < -0.3 is 5.32 Å². The third kappa shape index (κ3) is 2.25. The first-order chi connectivity index (χ1) is 7.93. The van der Waals surface area contributed by atoms with Crippen molar-refractivity contribution in [1.82, 2.24) is 15.2 Å². The topological polar surface area (TPSA) is 28.2 Å². The molecule has 0 spiro atoms. The lowest BCUT2D eigenvalue weighted by Gasteiger charge is -2.36. The zero-order valence-electron chi connectivity index (χ0n) is 9.60. The molecule has 3 heteroatoms. The number of rotatable bonds is 3. The molecule has 1 saturated carbocycles. The lowest BCUT2D eigenvalue weighted by atomic mass is 10.1. The van der Waals surface area contributed by atoms with Crippen LogP contribution in [0.1, 0.15) is 18.4 Å². The van der Waals surface area contributed by atoms with Gasteiger partial charge in [-0.05, 0) is 30.4 Å². The van der Waals surface area contributed by atoms with E-state index < -0.39 is 0 Å². The summed E-state index contributed by atoms with van der Waals surface area (Å²) in [5, 5.41) is 3.51. The van der Waals surface area contributed by atoms with Crippen molar-refractivity contribution in [2.45, 2.75) is 25.4 Å². The number of pyridine rings is 1. The van der Waals surface area contributed by atoms with E-state index in [1.54, 1.807) is 0 Å². The highest BCUT2D eigenvalue weighted by Crippen LogP contribution is 2.36. The first-order valence-corrected chi connectivity index (χ1v) is 6.27. The van der Waals surface area contributed by atoms with Crippen molar-refractivity contribution in [2.75, 3.05) is 19.6 Å². The Kier molecular flexibility index (Phi) is 2.89. The van der Waals surface area contributed by atoms with E-state index in [0.717, 1.165) is 25.0 Å². The second kappa shape index (κ2) is 4.52. The Bertz CT molecular complexity index is 334. The smallest absolute Gasteiger partial charge is 0.0312 e. The van der Waals surface area contributed by atoms with Gasteiger partial charge in [0, 0.05) is 44.6 Å². The minimum Gasteiger partial charge on any atom is -0.314 e. The Balaban J connectivity index is 1.67. The fourth-order valence-corrected chi connectivity index (χ4v) is 2.64. The van der Waals surface area contributed by atoms with Crippen molar-refractivity contribution in [2.24, 2.45) is 5.92 Å². The minimum atomic E-state index is 0.758. The first kappa shape index (κ1) is 10.2. The van der Waals surface area contributed by atoms with Crippen LogP contribution in [0.2, 0.25) is 0 Å². The molecule has 2 fully saturated rings. The molecule has 2 aliphatic rings. The Hall–Kier alpha value is -0.930. The van der Waals surface area contributed by atoms with E-state index in [1.807, 2.05) is 18.5 Å². The highest BCUT2D eigenvalue weighted by atomic mass is 15.2. The molecule has 0 aromatic carbocycles. The molecular weight excluding hydrogens is 198 g/mol. The van der Waals surface area contributed by atoms with Gasteiger partial charge in [0.15, 0.2) is 0 Å². The van der Waals surface area contributed by atoms with Crippen LogP contribution in [-0.4, -0.2) is 35.6 Å². The van der Waals surface area contributed by atoms with E-state index in [2.05, 4.69) is 21.3 Å². The molecule has 0 bridgehead atoms. The largest absolute Gasteiger partial charge is 0.314 e. The van der Waals surface area contributed by atoms with Crippen LogP contribution in [0.5, 0.6) is 0 Å². The molecule has 1 aromatic heterocycles. The zero-order valence-corrected chi connectivity index (χ0v) is 9.60. The maximum Gasteiger partial charge on any atom is 0.0312 e. The van der Waals surface area contributed by atoms with E-state index in [0.29, 0.717) is 0 Å². The molecule has 2 heterocycles. The lowest BCUT2D eigenvalue weighted by molar-refractivity contribution is 0.135. The molecule has 3 rings (SSSR count). The molecule has 1 saturated heterocycles. The third-order valence-electron chi connectivity index (χ3n) is 3.67. The van der Waals surface area contributed by atoms with E-state index in [9.17, 15) is 0 Å². The summed E-state index contributed by atoms with van der Waals surface area (Å²) in [7, 11) is 0. The van der Waals surface area contributed by atoms with Crippen LogP contribution >= 0.6 is 0 Å². The van der Waals surface area contributed by atoms with Crippen LogP contribution in [-0.2, 0) is 6.54 Å². The Morgan fingerprint density at radius 3 is 3.12 bits per heavy atom. The number of hydrogen-bond donors (Lipinski definition) is 1. The fraction of sp³-hybridized carbons (Fsp3) is 0.615. The molecule has 16 heavy (non-hydrogen) atoms. The Morgan fingerprint density at radius 2 is 2.38 bits per heavy atom. The number of nitrogens with zero attached hydrogens (tertiary/aromatic N) is 2. The van der Waals surface area contributed by atoms with E-state index >= 15 is 0 Å². The van der Waals surface area contributed by atoms with Crippen LogP contribution in [0.15, 0.2) is 24.5 Å². The van der Waals surface area contributed by atoms with Crippen molar-refractivity contribution in [3.8, 4) is 0 Å². The van der Waals surface area contributed by atoms with Crippen LogP contribution in [0, 0.1) is 5.92 Å². The number of aromatic nitrogens is 1. The summed E-state index contributed by atoms with van der Waals surface area (Å²) in [6.45, 7) is 4.54. The standard InChI is InChI=1S/C13H19N3/c1-2-11(8-14-5-1)10-16-7-6-15-9-13(16)12-3-4-12/h1-2,5,8,12-13,15H,3-4,6-7,9-10H2. The number of hydrogen-bond acceptors (Lipinski definition) is 3. The quantitative estimate of drug-likeness (QED) is 0.826. The van der Waals surface area contributed by atoms with Crippen molar-refractivity contribution >= 4 is 0 Å². The summed E-state index contributed by atoms with van der Waals surface area (Å²) in [5.41, 5.74) is 1.34. The summed E-state index contributed by atoms with van der Waals surface area (Å²) in [6.07, 6.45) is 6.69. The highest BCUT2D eigenvalue weighted by Gasteiger charge is 2.36. The predicted molar refractivity (Wildman–Crippen MR) is 64.0 cm³/mol. The van der Waals surface area contributed by atoms with E-state index in [1.165, 1.54) is 31.5 Å². The first-order valence-electron chi connectivity index (χ1n) is 6.27. The summed E-state index contributed by atoms with van der Waals surface area (Å²) < 4.78 is 0. The van der Waals surface area contributed by atoms with Gasteiger partial charge in [-0.1, -0.05) is 6.07 Å². The van der Waals surface area contributed by atoms with Crippen molar-refractivity contribution < 1.29 is 0 Å². The van der Waals surface area contributed by atoms with Crippen LogP contribution < -0.4 is 5.32 Å². The molecule has 1 atom stereocenters. The number of piperazine rings is 1.